The lowest BCUT2D eigenvalue weighted by molar-refractivity contribution is 0.122. The van der Waals surface area contributed by atoms with Crippen molar-refractivity contribution in [2.45, 2.75) is 31.6 Å². The minimum atomic E-state index is -3.71. The number of likely N-dealkylation sites (tertiary alicyclic amines) is 1. The van der Waals surface area contributed by atoms with E-state index in [1.54, 1.807) is 6.07 Å². The lowest BCUT2D eigenvalue weighted by Crippen LogP contribution is -2.41. The van der Waals surface area contributed by atoms with Crippen LogP contribution >= 0.6 is 11.6 Å². The molecular formula is C17H27ClN2O4S. The Balaban J connectivity index is 2.03. The number of piperidine rings is 1. The van der Waals surface area contributed by atoms with Crippen LogP contribution in [0.4, 0.5) is 0 Å². The van der Waals surface area contributed by atoms with E-state index >= 15 is 0 Å². The monoisotopic (exact) mass is 390 g/mol. The predicted octanol–water partition coefficient (Wildman–Crippen LogP) is 2.03. The average molecular weight is 391 g/mol. The lowest BCUT2D eigenvalue weighted by atomic mass is 9.99. The predicted molar refractivity (Wildman–Crippen MR) is 98.8 cm³/mol. The van der Waals surface area contributed by atoms with Crippen LogP contribution in [-0.4, -0.2) is 57.8 Å². The van der Waals surface area contributed by atoms with Crippen LogP contribution in [0.1, 0.15) is 25.3 Å². The topological polar surface area (TPSA) is 78.9 Å². The molecular weight excluding hydrogens is 364 g/mol. The summed E-state index contributed by atoms with van der Waals surface area (Å²) < 4.78 is 33.4. The minimum Gasteiger partial charge on any atom is -0.492 e. The first-order chi connectivity index (χ1) is 11.9. The number of halogens is 1. The fraction of sp³-hybridized carbons (Fsp3) is 0.647. The van der Waals surface area contributed by atoms with Gasteiger partial charge in [0.1, 0.15) is 10.6 Å². The molecule has 0 amide bonds. The van der Waals surface area contributed by atoms with Crippen LogP contribution in [0.25, 0.3) is 0 Å². The van der Waals surface area contributed by atoms with Gasteiger partial charge in [-0.25, -0.2) is 13.1 Å². The first-order valence-corrected chi connectivity index (χ1v) is 10.5. The Labute approximate surface area is 155 Å². The number of rotatable bonds is 8. The molecule has 1 saturated heterocycles. The van der Waals surface area contributed by atoms with E-state index in [1.807, 2.05) is 13.8 Å². The molecule has 0 aliphatic carbocycles. The van der Waals surface area contributed by atoms with Gasteiger partial charge in [-0.2, -0.15) is 0 Å². The Bertz CT molecular complexity index is 681. The minimum absolute atomic E-state index is 0.0665. The molecule has 6 nitrogen and oxygen atoms in total. The molecule has 0 saturated carbocycles. The number of nitrogens with one attached hydrogen (secondary N) is 1. The highest BCUT2D eigenvalue weighted by atomic mass is 35.5. The van der Waals surface area contributed by atoms with Gasteiger partial charge in [-0.15, -0.1) is 0 Å². The maximum Gasteiger partial charge on any atom is 0.244 e. The molecule has 2 rings (SSSR count). The zero-order chi connectivity index (χ0) is 18.4. The standard InChI is InChI=1S/C17H27ClN2O4S/c1-3-24-16-9-13(2)15(18)10-17(16)25(22,23)19-6-8-20-7-4-5-14(11-20)12-21/h9-10,14,19,21H,3-8,11-12H2,1-2H3/t14-/m1/s1. The highest BCUT2D eigenvalue weighted by molar-refractivity contribution is 7.89. The van der Waals surface area contributed by atoms with Gasteiger partial charge in [-0.05, 0) is 56.8 Å². The Hall–Kier alpha value is -0.860. The van der Waals surface area contributed by atoms with Crippen LogP contribution in [0.15, 0.2) is 17.0 Å². The van der Waals surface area contributed by atoms with Crippen molar-refractivity contribution < 1.29 is 18.3 Å². The number of nitrogens with zero attached hydrogens (tertiary/aromatic N) is 1. The molecule has 0 radical (unpaired) electrons. The van der Waals surface area contributed by atoms with Crippen molar-refractivity contribution in [2.75, 3.05) is 39.4 Å². The quantitative estimate of drug-likeness (QED) is 0.710. The number of aryl methyl sites for hydroxylation is 1. The van der Waals surface area contributed by atoms with Crippen LogP contribution in [0.2, 0.25) is 5.02 Å². The van der Waals surface area contributed by atoms with Crippen molar-refractivity contribution in [1.29, 1.82) is 0 Å². The zero-order valence-electron chi connectivity index (χ0n) is 14.8. The van der Waals surface area contributed by atoms with E-state index in [9.17, 15) is 13.5 Å². The van der Waals surface area contributed by atoms with Gasteiger partial charge in [0.15, 0.2) is 0 Å². The van der Waals surface area contributed by atoms with Gasteiger partial charge in [0.25, 0.3) is 0 Å². The van der Waals surface area contributed by atoms with Gasteiger partial charge in [0.05, 0.1) is 6.61 Å². The Morgan fingerprint density at radius 1 is 1.44 bits per heavy atom. The first-order valence-electron chi connectivity index (χ1n) is 8.63. The number of aliphatic hydroxyl groups excluding tert-OH is 1. The third-order valence-corrected chi connectivity index (χ3v) is 6.29. The molecule has 1 aromatic carbocycles. The molecule has 2 N–H and O–H groups in total. The molecule has 1 aromatic rings. The second-order valence-electron chi connectivity index (χ2n) is 6.37. The van der Waals surface area contributed by atoms with Crippen molar-refractivity contribution >= 4 is 21.6 Å². The number of hydrogen-bond acceptors (Lipinski definition) is 5. The number of aliphatic hydroxyl groups is 1. The summed E-state index contributed by atoms with van der Waals surface area (Å²) in [5, 5.41) is 9.67. The molecule has 1 atom stereocenters. The Morgan fingerprint density at radius 3 is 2.88 bits per heavy atom. The van der Waals surface area contributed by atoms with E-state index in [4.69, 9.17) is 16.3 Å². The van der Waals surface area contributed by atoms with Crippen molar-refractivity contribution in [2.24, 2.45) is 5.92 Å². The second-order valence-corrected chi connectivity index (χ2v) is 8.51. The zero-order valence-corrected chi connectivity index (χ0v) is 16.4. The van der Waals surface area contributed by atoms with Crippen LogP contribution in [0, 0.1) is 12.8 Å². The highest BCUT2D eigenvalue weighted by Crippen LogP contribution is 2.30. The lowest BCUT2D eigenvalue weighted by Gasteiger charge is -2.31. The summed E-state index contributed by atoms with van der Waals surface area (Å²) in [6, 6.07) is 3.09. The van der Waals surface area contributed by atoms with E-state index in [1.165, 1.54) is 6.07 Å². The molecule has 0 unspecified atom stereocenters. The maximum absolute atomic E-state index is 12.6. The number of hydrogen-bond donors (Lipinski definition) is 2. The Morgan fingerprint density at radius 2 is 2.20 bits per heavy atom. The van der Waals surface area contributed by atoms with E-state index in [0.29, 0.717) is 30.5 Å². The van der Waals surface area contributed by atoms with Crippen molar-refractivity contribution in [3.05, 3.63) is 22.7 Å². The van der Waals surface area contributed by atoms with Crippen molar-refractivity contribution in [3.8, 4) is 5.75 Å². The molecule has 1 heterocycles. The fourth-order valence-electron chi connectivity index (χ4n) is 3.03. The summed E-state index contributed by atoms with van der Waals surface area (Å²) in [6.45, 7) is 6.82. The van der Waals surface area contributed by atoms with E-state index < -0.39 is 10.0 Å². The van der Waals surface area contributed by atoms with Crippen LogP contribution in [0.5, 0.6) is 5.75 Å². The molecule has 0 aromatic heterocycles. The van der Waals surface area contributed by atoms with Gasteiger partial charge >= 0.3 is 0 Å². The van der Waals surface area contributed by atoms with E-state index in [-0.39, 0.29) is 17.4 Å². The summed E-state index contributed by atoms with van der Waals surface area (Å²) in [4.78, 5) is 2.25. The molecule has 142 valence electrons. The molecule has 1 fully saturated rings. The molecule has 0 bridgehead atoms. The van der Waals surface area contributed by atoms with Crippen molar-refractivity contribution in [1.82, 2.24) is 9.62 Å². The first kappa shape index (κ1) is 20.5. The normalized spacial score (nSPS) is 19.1. The highest BCUT2D eigenvalue weighted by Gasteiger charge is 2.23. The number of benzene rings is 1. The summed E-state index contributed by atoms with van der Waals surface area (Å²) in [6.07, 6.45) is 2.05. The molecule has 8 heteroatoms. The summed E-state index contributed by atoms with van der Waals surface area (Å²) in [7, 11) is -3.71. The summed E-state index contributed by atoms with van der Waals surface area (Å²) >= 11 is 6.10. The van der Waals surface area contributed by atoms with E-state index in [2.05, 4.69) is 9.62 Å². The fourth-order valence-corrected chi connectivity index (χ4v) is 4.43. The summed E-state index contributed by atoms with van der Waals surface area (Å²) in [5.41, 5.74) is 0.771. The van der Waals surface area contributed by atoms with Crippen LogP contribution in [0.3, 0.4) is 0 Å². The van der Waals surface area contributed by atoms with Gasteiger partial charge < -0.3 is 14.7 Å². The van der Waals surface area contributed by atoms with E-state index in [0.717, 1.165) is 31.5 Å². The van der Waals surface area contributed by atoms with Crippen LogP contribution in [-0.2, 0) is 10.0 Å². The third kappa shape index (κ3) is 5.56. The average Bonchev–Trinajstić information content (AvgIpc) is 2.58. The van der Waals surface area contributed by atoms with Gasteiger partial charge in [0.2, 0.25) is 10.0 Å². The van der Waals surface area contributed by atoms with Gasteiger partial charge in [0, 0.05) is 31.3 Å². The SMILES string of the molecule is CCOc1cc(C)c(Cl)cc1S(=O)(=O)NCCN1CCC[C@@H](CO)C1. The smallest absolute Gasteiger partial charge is 0.244 e. The van der Waals surface area contributed by atoms with Crippen LogP contribution < -0.4 is 9.46 Å². The largest absolute Gasteiger partial charge is 0.492 e. The molecule has 25 heavy (non-hydrogen) atoms. The Kier molecular flexibility index (Phi) is 7.51. The maximum atomic E-state index is 12.6. The van der Waals surface area contributed by atoms with Gasteiger partial charge in [-0.3, -0.25) is 0 Å². The summed E-state index contributed by atoms with van der Waals surface area (Å²) in [5.74, 6) is 0.598. The van der Waals surface area contributed by atoms with Crippen molar-refractivity contribution in [3.63, 3.8) is 0 Å². The number of ether oxygens (including phenoxy) is 1. The van der Waals surface area contributed by atoms with Gasteiger partial charge in [-0.1, -0.05) is 11.6 Å². The molecule has 1 aliphatic rings. The molecule has 0 spiro atoms. The number of sulfonamides is 1. The second kappa shape index (κ2) is 9.19. The molecule has 1 aliphatic heterocycles. The third-order valence-electron chi connectivity index (χ3n) is 4.40.